The Balaban J connectivity index is 1.55. The molecule has 4 heteroatoms. The topological polar surface area (TPSA) is 58.6 Å². The van der Waals surface area contributed by atoms with Crippen LogP contribution in [0.3, 0.4) is 0 Å². The lowest BCUT2D eigenvalue weighted by atomic mass is 10.2. The third-order valence-electron chi connectivity index (χ3n) is 3.13. The molecule has 1 aliphatic rings. The molecule has 18 heavy (non-hydrogen) atoms. The minimum atomic E-state index is -0.435. The van der Waals surface area contributed by atoms with Crippen molar-refractivity contribution in [2.24, 2.45) is 0 Å². The van der Waals surface area contributed by atoms with Crippen molar-refractivity contribution in [1.82, 2.24) is 5.32 Å². The molecule has 0 heterocycles. The summed E-state index contributed by atoms with van der Waals surface area (Å²) >= 11 is 0. The van der Waals surface area contributed by atoms with Gasteiger partial charge in [-0.2, -0.15) is 0 Å². The lowest BCUT2D eigenvalue weighted by Gasteiger charge is -2.09. The number of alkyl carbamates (subject to hydrolysis) is 1. The van der Waals surface area contributed by atoms with E-state index >= 15 is 0 Å². The van der Waals surface area contributed by atoms with Crippen LogP contribution >= 0.6 is 0 Å². The average Bonchev–Trinajstić information content (AvgIpc) is 3.12. The standard InChI is InChI=1S/C14H19NO3/c16-13(15-10-4-7-14(17)8-9-14)18-11-12-5-2-1-3-6-12/h1-3,5-6,17H,4,7-11H2,(H,15,16). The molecule has 4 nitrogen and oxygen atoms in total. The Labute approximate surface area is 107 Å². The van der Waals surface area contributed by atoms with Gasteiger partial charge in [-0.05, 0) is 31.2 Å². The number of hydrogen-bond donors (Lipinski definition) is 2. The first kappa shape index (κ1) is 12.9. The van der Waals surface area contributed by atoms with Crippen LogP contribution in [0.25, 0.3) is 0 Å². The van der Waals surface area contributed by atoms with E-state index in [9.17, 15) is 9.90 Å². The van der Waals surface area contributed by atoms with E-state index < -0.39 is 11.7 Å². The first-order chi connectivity index (χ1) is 8.68. The molecule has 0 aromatic heterocycles. The largest absolute Gasteiger partial charge is 0.445 e. The molecule has 0 spiro atoms. The van der Waals surface area contributed by atoms with Gasteiger partial charge in [-0.3, -0.25) is 0 Å². The fourth-order valence-electron chi connectivity index (χ4n) is 1.78. The lowest BCUT2D eigenvalue weighted by molar-refractivity contribution is 0.129. The molecule has 0 saturated heterocycles. The van der Waals surface area contributed by atoms with Crippen molar-refractivity contribution in [3.63, 3.8) is 0 Å². The van der Waals surface area contributed by atoms with Crippen LogP contribution in [0.2, 0.25) is 0 Å². The molecule has 1 saturated carbocycles. The number of rotatable bonds is 6. The second kappa shape index (κ2) is 5.87. The normalized spacial score (nSPS) is 16.1. The molecule has 1 fully saturated rings. The third kappa shape index (κ3) is 4.37. The Hall–Kier alpha value is -1.55. The van der Waals surface area contributed by atoms with E-state index in [2.05, 4.69) is 5.32 Å². The van der Waals surface area contributed by atoms with Crippen molar-refractivity contribution in [3.8, 4) is 0 Å². The summed E-state index contributed by atoms with van der Waals surface area (Å²) in [5, 5.41) is 12.3. The van der Waals surface area contributed by atoms with Crippen molar-refractivity contribution in [3.05, 3.63) is 35.9 Å². The zero-order chi connectivity index (χ0) is 12.8. The summed E-state index contributed by atoms with van der Waals surface area (Å²) in [5.74, 6) is 0. The predicted molar refractivity (Wildman–Crippen MR) is 68.0 cm³/mol. The van der Waals surface area contributed by atoms with Crippen LogP contribution in [-0.2, 0) is 11.3 Å². The van der Waals surface area contributed by atoms with Crippen LogP contribution in [0, 0.1) is 0 Å². The molecule has 2 rings (SSSR count). The molecular weight excluding hydrogens is 230 g/mol. The van der Waals surface area contributed by atoms with E-state index in [1.165, 1.54) is 0 Å². The predicted octanol–water partition coefficient (Wildman–Crippen LogP) is 2.22. The van der Waals surface area contributed by atoms with E-state index in [1.807, 2.05) is 30.3 Å². The minimum Gasteiger partial charge on any atom is -0.445 e. The maximum absolute atomic E-state index is 11.4. The summed E-state index contributed by atoms with van der Waals surface area (Å²) < 4.78 is 5.06. The smallest absolute Gasteiger partial charge is 0.407 e. The summed E-state index contributed by atoms with van der Waals surface area (Å²) in [7, 11) is 0. The van der Waals surface area contributed by atoms with Crippen molar-refractivity contribution in [1.29, 1.82) is 0 Å². The van der Waals surface area contributed by atoms with E-state index in [-0.39, 0.29) is 6.61 Å². The fourth-order valence-corrected chi connectivity index (χ4v) is 1.78. The van der Waals surface area contributed by atoms with Gasteiger partial charge < -0.3 is 15.2 Å². The lowest BCUT2D eigenvalue weighted by Crippen LogP contribution is -2.26. The molecular formula is C14H19NO3. The number of carbonyl (C=O) groups excluding carboxylic acids is 1. The second-order valence-electron chi connectivity index (χ2n) is 4.82. The SMILES string of the molecule is O=C(NCCCC1(O)CC1)OCc1ccccc1. The Bertz CT molecular complexity index is 387. The van der Waals surface area contributed by atoms with Crippen LogP contribution in [-0.4, -0.2) is 23.3 Å². The number of nitrogens with one attached hydrogen (secondary N) is 1. The molecule has 0 radical (unpaired) electrons. The van der Waals surface area contributed by atoms with Gasteiger partial charge in [0, 0.05) is 6.54 Å². The first-order valence-electron chi connectivity index (χ1n) is 6.35. The van der Waals surface area contributed by atoms with Gasteiger partial charge in [0.05, 0.1) is 5.60 Å². The zero-order valence-electron chi connectivity index (χ0n) is 10.4. The summed E-state index contributed by atoms with van der Waals surface area (Å²) in [5.41, 5.74) is 0.537. The van der Waals surface area contributed by atoms with E-state index in [4.69, 9.17) is 4.74 Å². The highest BCUT2D eigenvalue weighted by Gasteiger charge is 2.39. The van der Waals surface area contributed by atoms with Gasteiger partial charge in [-0.1, -0.05) is 30.3 Å². The summed E-state index contributed by atoms with van der Waals surface area (Å²) in [4.78, 5) is 11.4. The van der Waals surface area contributed by atoms with Gasteiger partial charge in [0.15, 0.2) is 0 Å². The Morgan fingerprint density at radius 3 is 2.72 bits per heavy atom. The average molecular weight is 249 g/mol. The van der Waals surface area contributed by atoms with Crippen LogP contribution in [0.1, 0.15) is 31.2 Å². The van der Waals surface area contributed by atoms with Gasteiger partial charge in [-0.25, -0.2) is 4.79 Å². The number of aliphatic hydroxyl groups is 1. The number of benzene rings is 1. The zero-order valence-corrected chi connectivity index (χ0v) is 10.4. The number of hydrogen-bond acceptors (Lipinski definition) is 3. The first-order valence-corrected chi connectivity index (χ1v) is 6.35. The molecule has 0 bridgehead atoms. The molecule has 1 aromatic carbocycles. The van der Waals surface area contributed by atoms with Gasteiger partial charge >= 0.3 is 6.09 Å². The number of carbonyl (C=O) groups is 1. The highest BCUT2D eigenvalue weighted by atomic mass is 16.5. The summed E-state index contributed by atoms with van der Waals surface area (Å²) in [6.45, 7) is 0.840. The Morgan fingerprint density at radius 1 is 1.33 bits per heavy atom. The molecule has 0 aliphatic heterocycles. The quantitative estimate of drug-likeness (QED) is 0.760. The van der Waals surface area contributed by atoms with E-state index in [0.717, 1.165) is 31.2 Å². The third-order valence-corrected chi connectivity index (χ3v) is 3.13. The highest BCUT2D eigenvalue weighted by molar-refractivity contribution is 5.67. The van der Waals surface area contributed by atoms with Gasteiger partial charge in [0.25, 0.3) is 0 Å². The van der Waals surface area contributed by atoms with Gasteiger partial charge in [0.1, 0.15) is 6.61 Å². The molecule has 0 unspecified atom stereocenters. The van der Waals surface area contributed by atoms with Crippen LogP contribution in [0.5, 0.6) is 0 Å². The molecule has 0 atom stereocenters. The maximum atomic E-state index is 11.4. The van der Waals surface area contributed by atoms with E-state index in [1.54, 1.807) is 0 Å². The van der Waals surface area contributed by atoms with Crippen LogP contribution < -0.4 is 5.32 Å². The van der Waals surface area contributed by atoms with Crippen LogP contribution in [0.4, 0.5) is 4.79 Å². The summed E-state index contributed by atoms with van der Waals surface area (Å²) in [6.07, 6.45) is 2.93. The minimum absolute atomic E-state index is 0.288. The van der Waals surface area contributed by atoms with E-state index in [0.29, 0.717) is 6.54 Å². The van der Waals surface area contributed by atoms with Crippen molar-refractivity contribution >= 4 is 6.09 Å². The number of ether oxygens (including phenoxy) is 1. The maximum Gasteiger partial charge on any atom is 0.407 e. The highest BCUT2D eigenvalue weighted by Crippen LogP contribution is 2.38. The number of amides is 1. The molecule has 98 valence electrons. The van der Waals surface area contributed by atoms with Crippen molar-refractivity contribution in [2.75, 3.05) is 6.54 Å². The Morgan fingerprint density at radius 2 is 2.06 bits per heavy atom. The van der Waals surface area contributed by atoms with Gasteiger partial charge in [0.2, 0.25) is 0 Å². The molecule has 1 aromatic rings. The summed E-state index contributed by atoms with van der Waals surface area (Å²) in [6, 6.07) is 9.57. The second-order valence-corrected chi connectivity index (χ2v) is 4.82. The molecule has 1 amide bonds. The monoisotopic (exact) mass is 249 g/mol. The van der Waals surface area contributed by atoms with Crippen molar-refractivity contribution in [2.45, 2.75) is 37.9 Å². The van der Waals surface area contributed by atoms with Gasteiger partial charge in [-0.15, -0.1) is 0 Å². The van der Waals surface area contributed by atoms with Crippen LogP contribution in [0.15, 0.2) is 30.3 Å². The fraction of sp³-hybridized carbons (Fsp3) is 0.500. The Kier molecular flexibility index (Phi) is 4.20. The molecule has 2 N–H and O–H groups in total. The molecule has 1 aliphatic carbocycles. The van der Waals surface area contributed by atoms with Crippen molar-refractivity contribution < 1.29 is 14.6 Å².